The lowest BCUT2D eigenvalue weighted by Gasteiger charge is -2.12. The minimum atomic E-state index is 0.0778. The zero-order valence-electron chi connectivity index (χ0n) is 12.4. The van der Waals surface area contributed by atoms with E-state index in [9.17, 15) is 4.79 Å². The van der Waals surface area contributed by atoms with Crippen LogP contribution in [0, 0.1) is 0 Å². The van der Waals surface area contributed by atoms with E-state index in [1.54, 1.807) is 6.92 Å². The Hall–Kier alpha value is -2.16. The van der Waals surface area contributed by atoms with Gasteiger partial charge in [-0.15, -0.1) is 0 Å². The van der Waals surface area contributed by atoms with Crippen LogP contribution in [0.3, 0.4) is 0 Å². The molecule has 0 atom stereocenters. The number of nitrogens with zero attached hydrogens (tertiary/aromatic N) is 1. The molecule has 1 heterocycles. The SMILES string of the molecule is CC(=O)c1c(-c2ccccc2)n[nH]c1CC1=CCCCC1. The molecule has 1 aliphatic carbocycles. The van der Waals surface area contributed by atoms with Gasteiger partial charge in [-0.05, 0) is 32.6 Å². The van der Waals surface area contributed by atoms with E-state index >= 15 is 0 Å². The molecule has 3 heteroatoms. The summed E-state index contributed by atoms with van der Waals surface area (Å²) >= 11 is 0. The molecule has 108 valence electrons. The van der Waals surface area contributed by atoms with E-state index in [0.717, 1.165) is 41.8 Å². The highest BCUT2D eigenvalue weighted by Crippen LogP contribution is 2.27. The number of allylic oxidation sites excluding steroid dienone is 2. The Kier molecular flexibility index (Phi) is 4.00. The Labute approximate surface area is 125 Å². The van der Waals surface area contributed by atoms with Crippen molar-refractivity contribution >= 4 is 5.78 Å². The van der Waals surface area contributed by atoms with Gasteiger partial charge in [0, 0.05) is 12.0 Å². The largest absolute Gasteiger partial charge is 0.294 e. The molecular formula is C18H20N2O. The number of carbonyl (C=O) groups excluding carboxylic acids is 1. The lowest BCUT2D eigenvalue weighted by molar-refractivity contribution is 0.101. The third kappa shape index (κ3) is 2.97. The van der Waals surface area contributed by atoms with Gasteiger partial charge in [0.1, 0.15) is 5.69 Å². The predicted octanol–water partition coefficient (Wildman–Crippen LogP) is 4.32. The van der Waals surface area contributed by atoms with Crippen molar-refractivity contribution in [3.63, 3.8) is 0 Å². The average Bonchev–Trinajstić information content (AvgIpc) is 2.93. The molecular weight excluding hydrogens is 260 g/mol. The van der Waals surface area contributed by atoms with Gasteiger partial charge in [0.2, 0.25) is 0 Å². The standard InChI is InChI=1S/C18H20N2O/c1-13(21)17-16(12-14-8-4-2-5-9-14)19-20-18(17)15-10-6-3-7-11-15/h3,6-8,10-11H,2,4-5,9,12H2,1H3,(H,19,20). The van der Waals surface area contributed by atoms with Gasteiger partial charge in [0.05, 0.1) is 11.3 Å². The molecule has 1 aromatic carbocycles. The van der Waals surface area contributed by atoms with Gasteiger partial charge in [0.25, 0.3) is 0 Å². The van der Waals surface area contributed by atoms with E-state index in [2.05, 4.69) is 16.3 Å². The molecule has 1 aromatic heterocycles. The highest BCUT2D eigenvalue weighted by atomic mass is 16.1. The van der Waals surface area contributed by atoms with Crippen LogP contribution in [0.15, 0.2) is 42.0 Å². The van der Waals surface area contributed by atoms with Crippen molar-refractivity contribution in [2.75, 3.05) is 0 Å². The topological polar surface area (TPSA) is 45.8 Å². The Bertz CT molecular complexity index is 668. The molecule has 2 aromatic rings. The third-order valence-electron chi connectivity index (χ3n) is 4.03. The lowest BCUT2D eigenvalue weighted by Crippen LogP contribution is -2.02. The molecule has 0 fully saturated rings. The summed E-state index contributed by atoms with van der Waals surface area (Å²) in [6.07, 6.45) is 7.95. The number of aromatic amines is 1. The molecule has 21 heavy (non-hydrogen) atoms. The summed E-state index contributed by atoms with van der Waals surface area (Å²) in [6.45, 7) is 1.62. The fourth-order valence-corrected chi connectivity index (χ4v) is 2.98. The summed E-state index contributed by atoms with van der Waals surface area (Å²) in [5.41, 5.74) is 4.88. The second-order valence-corrected chi connectivity index (χ2v) is 5.63. The van der Waals surface area contributed by atoms with Gasteiger partial charge in [-0.25, -0.2) is 0 Å². The van der Waals surface area contributed by atoms with Gasteiger partial charge >= 0.3 is 0 Å². The Morgan fingerprint density at radius 1 is 1.24 bits per heavy atom. The number of hydrogen-bond donors (Lipinski definition) is 1. The second kappa shape index (κ2) is 6.08. The zero-order chi connectivity index (χ0) is 14.7. The molecule has 0 bridgehead atoms. The molecule has 0 saturated carbocycles. The Balaban J connectivity index is 1.97. The smallest absolute Gasteiger partial charge is 0.163 e. The summed E-state index contributed by atoms with van der Waals surface area (Å²) in [4.78, 5) is 12.1. The monoisotopic (exact) mass is 280 g/mol. The van der Waals surface area contributed by atoms with Gasteiger partial charge < -0.3 is 0 Å². The van der Waals surface area contributed by atoms with Gasteiger partial charge in [-0.3, -0.25) is 9.89 Å². The number of hydrogen-bond acceptors (Lipinski definition) is 2. The first kappa shape index (κ1) is 13.8. The van der Waals surface area contributed by atoms with E-state index in [1.165, 1.54) is 18.4 Å². The molecule has 0 spiro atoms. The molecule has 0 aliphatic heterocycles. The number of ketones is 1. The summed E-state index contributed by atoms with van der Waals surface area (Å²) in [6, 6.07) is 9.89. The van der Waals surface area contributed by atoms with Crippen molar-refractivity contribution in [3.05, 3.63) is 53.2 Å². The number of H-pyrrole nitrogens is 1. The van der Waals surface area contributed by atoms with Crippen LogP contribution in [-0.4, -0.2) is 16.0 Å². The maximum atomic E-state index is 12.1. The molecule has 3 rings (SSSR count). The maximum absolute atomic E-state index is 12.1. The summed E-state index contributed by atoms with van der Waals surface area (Å²) < 4.78 is 0. The van der Waals surface area contributed by atoms with Gasteiger partial charge in [0.15, 0.2) is 5.78 Å². The average molecular weight is 280 g/mol. The van der Waals surface area contributed by atoms with Crippen molar-refractivity contribution in [1.29, 1.82) is 0 Å². The van der Waals surface area contributed by atoms with E-state index in [0.29, 0.717) is 0 Å². The van der Waals surface area contributed by atoms with Crippen LogP contribution in [-0.2, 0) is 6.42 Å². The fraction of sp³-hybridized carbons (Fsp3) is 0.333. The third-order valence-corrected chi connectivity index (χ3v) is 4.03. The van der Waals surface area contributed by atoms with Crippen LogP contribution < -0.4 is 0 Å². The minimum Gasteiger partial charge on any atom is -0.294 e. The van der Waals surface area contributed by atoms with Gasteiger partial charge in [-0.2, -0.15) is 5.10 Å². The van der Waals surface area contributed by atoms with Crippen LogP contribution in [0.25, 0.3) is 11.3 Å². The Morgan fingerprint density at radius 3 is 2.71 bits per heavy atom. The van der Waals surface area contributed by atoms with E-state index in [-0.39, 0.29) is 5.78 Å². The molecule has 0 amide bonds. The Morgan fingerprint density at radius 2 is 2.05 bits per heavy atom. The van der Waals surface area contributed by atoms with Crippen molar-refractivity contribution in [2.45, 2.75) is 39.0 Å². The summed E-state index contributed by atoms with van der Waals surface area (Å²) in [5, 5.41) is 7.49. The van der Waals surface area contributed by atoms with Crippen molar-refractivity contribution in [1.82, 2.24) is 10.2 Å². The molecule has 0 saturated heterocycles. The first-order valence-corrected chi connectivity index (χ1v) is 7.57. The summed E-state index contributed by atoms with van der Waals surface area (Å²) in [5.74, 6) is 0.0778. The second-order valence-electron chi connectivity index (χ2n) is 5.63. The number of carbonyl (C=O) groups is 1. The first-order chi connectivity index (χ1) is 10.3. The highest BCUT2D eigenvalue weighted by molar-refractivity contribution is 6.01. The number of Topliss-reactive ketones (excluding diaryl/α,β-unsaturated/α-hetero) is 1. The molecule has 3 nitrogen and oxygen atoms in total. The van der Waals surface area contributed by atoms with E-state index in [4.69, 9.17) is 0 Å². The fourth-order valence-electron chi connectivity index (χ4n) is 2.98. The quantitative estimate of drug-likeness (QED) is 0.669. The molecule has 1 aliphatic rings. The van der Waals surface area contributed by atoms with Gasteiger partial charge in [-0.1, -0.05) is 42.0 Å². The van der Waals surface area contributed by atoms with Crippen LogP contribution in [0.1, 0.15) is 48.7 Å². The molecule has 0 unspecified atom stereocenters. The highest BCUT2D eigenvalue weighted by Gasteiger charge is 2.19. The number of rotatable bonds is 4. The van der Waals surface area contributed by atoms with Crippen LogP contribution in [0.4, 0.5) is 0 Å². The predicted molar refractivity (Wildman–Crippen MR) is 84.3 cm³/mol. The first-order valence-electron chi connectivity index (χ1n) is 7.57. The normalized spacial score (nSPS) is 14.8. The number of benzene rings is 1. The van der Waals surface area contributed by atoms with Crippen LogP contribution in [0.2, 0.25) is 0 Å². The maximum Gasteiger partial charge on any atom is 0.163 e. The summed E-state index contributed by atoms with van der Waals surface area (Å²) in [7, 11) is 0. The zero-order valence-corrected chi connectivity index (χ0v) is 12.4. The van der Waals surface area contributed by atoms with Crippen molar-refractivity contribution in [2.24, 2.45) is 0 Å². The van der Waals surface area contributed by atoms with E-state index < -0.39 is 0 Å². The number of aromatic nitrogens is 2. The number of nitrogens with one attached hydrogen (secondary N) is 1. The van der Waals surface area contributed by atoms with Crippen LogP contribution in [0.5, 0.6) is 0 Å². The molecule has 1 N–H and O–H groups in total. The van der Waals surface area contributed by atoms with Crippen LogP contribution >= 0.6 is 0 Å². The van der Waals surface area contributed by atoms with E-state index in [1.807, 2.05) is 30.3 Å². The lowest BCUT2D eigenvalue weighted by atomic mass is 9.93. The molecule has 0 radical (unpaired) electrons. The van der Waals surface area contributed by atoms with Crippen molar-refractivity contribution in [3.8, 4) is 11.3 Å². The minimum absolute atomic E-state index is 0.0778. The van der Waals surface area contributed by atoms with Crippen molar-refractivity contribution < 1.29 is 4.79 Å².